The topological polar surface area (TPSA) is 56.2 Å². The van der Waals surface area contributed by atoms with Gasteiger partial charge in [-0.3, -0.25) is 4.79 Å². The first-order valence-electron chi connectivity index (χ1n) is 5.14. The van der Waals surface area contributed by atoms with Gasteiger partial charge >= 0.3 is 0 Å². The summed E-state index contributed by atoms with van der Waals surface area (Å²) in [6.07, 6.45) is 4.91. The van der Waals surface area contributed by atoms with Gasteiger partial charge in [0.1, 0.15) is 5.76 Å². The van der Waals surface area contributed by atoms with Gasteiger partial charge < -0.3 is 10.2 Å². The van der Waals surface area contributed by atoms with E-state index in [4.69, 9.17) is 10.2 Å². The highest BCUT2D eigenvalue weighted by atomic mass is 16.3. The molecule has 1 aliphatic rings. The third kappa shape index (κ3) is 1.73. The molecule has 3 nitrogen and oxygen atoms in total. The summed E-state index contributed by atoms with van der Waals surface area (Å²) < 4.78 is 5.49. The smallest absolute Gasteiger partial charge is 0.211 e. The van der Waals surface area contributed by atoms with Gasteiger partial charge in [-0.1, -0.05) is 12.8 Å². The predicted octanol–water partition coefficient (Wildman–Crippen LogP) is 2.08. The van der Waals surface area contributed by atoms with Crippen LogP contribution in [0.3, 0.4) is 0 Å². The Hall–Kier alpha value is -1.09. The molecule has 1 aliphatic carbocycles. The first-order valence-corrected chi connectivity index (χ1v) is 5.14. The molecule has 0 saturated heterocycles. The van der Waals surface area contributed by atoms with Crippen molar-refractivity contribution in [2.75, 3.05) is 6.54 Å². The van der Waals surface area contributed by atoms with Crippen molar-refractivity contribution in [3.05, 3.63) is 23.7 Å². The van der Waals surface area contributed by atoms with E-state index in [2.05, 4.69) is 0 Å². The molecule has 1 aromatic rings. The number of rotatable bonds is 3. The van der Waals surface area contributed by atoms with Crippen molar-refractivity contribution < 1.29 is 9.21 Å². The lowest BCUT2D eigenvalue weighted by Crippen LogP contribution is -2.12. The predicted molar refractivity (Wildman–Crippen MR) is 53.3 cm³/mol. The number of nitrogens with two attached hydrogens (primary N) is 1. The van der Waals surface area contributed by atoms with Gasteiger partial charge in [0, 0.05) is 5.92 Å². The van der Waals surface area contributed by atoms with E-state index in [-0.39, 0.29) is 12.3 Å². The normalized spacial score (nSPS) is 17.5. The van der Waals surface area contributed by atoms with Crippen LogP contribution in [0.25, 0.3) is 0 Å². The summed E-state index contributed by atoms with van der Waals surface area (Å²) in [4.78, 5) is 11.2. The zero-order valence-electron chi connectivity index (χ0n) is 8.16. The molecular formula is C11H15NO2. The summed E-state index contributed by atoms with van der Waals surface area (Å²) in [5, 5.41) is 0. The molecule has 0 amide bonds. The molecule has 14 heavy (non-hydrogen) atoms. The van der Waals surface area contributed by atoms with Gasteiger partial charge in [0.15, 0.2) is 5.76 Å². The summed E-state index contributed by atoms with van der Waals surface area (Å²) in [7, 11) is 0. The zero-order valence-corrected chi connectivity index (χ0v) is 8.16. The maximum absolute atomic E-state index is 11.2. The Balaban J connectivity index is 2.12. The summed E-state index contributed by atoms with van der Waals surface area (Å²) >= 11 is 0. The first-order chi connectivity index (χ1) is 6.81. The number of carbonyl (C=O) groups is 1. The molecule has 0 bridgehead atoms. The summed E-state index contributed by atoms with van der Waals surface area (Å²) in [5.74, 6) is 1.78. The van der Waals surface area contributed by atoms with Crippen LogP contribution in [0, 0.1) is 0 Å². The molecule has 1 saturated carbocycles. The van der Waals surface area contributed by atoms with E-state index in [0.29, 0.717) is 11.7 Å². The molecule has 0 aliphatic heterocycles. The number of furan rings is 1. The van der Waals surface area contributed by atoms with Gasteiger partial charge in [-0.2, -0.15) is 0 Å². The minimum atomic E-state index is -0.116. The van der Waals surface area contributed by atoms with Crippen molar-refractivity contribution in [3.8, 4) is 0 Å². The van der Waals surface area contributed by atoms with Crippen molar-refractivity contribution in [2.45, 2.75) is 31.6 Å². The average molecular weight is 193 g/mol. The van der Waals surface area contributed by atoms with Crippen LogP contribution in [-0.4, -0.2) is 12.3 Å². The van der Waals surface area contributed by atoms with Gasteiger partial charge in [-0.05, 0) is 25.0 Å². The van der Waals surface area contributed by atoms with E-state index < -0.39 is 0 Å². The highest BCUT2D eigenvalue weighted by molar-refractivity contribution is 5.94. The Kier molecular flexibility index (Phi) is 2.68. The lowest BCUT2D eigenvalue weighted by molar-refractivity contribution is 0.0972. The molecule has 3 heteroatoms. The Bertz CT molecular complexity index is 324. The monoisotopic (exact) mass is 193 g/mol. The largest absolute Gasteiger partial charge is 0.458 e. The van der Waals surface area contributed by atoms with Gasteiger partial charge in [0.05, 0.1) is 6.54 Å². The van der Waals surface area contributed by atoms with Crippen LogP contribution < -0.4 is 5.73 Å². The number of hydrogen-bond acceptors (Lipinski definition) is 3. The zero-order chi connectivity index (χ0) is 9.97. The molecule has 0 atom stereocenters. The lowest BCUT2D eigenvalue weighted by atomic mass is 10.1. The van der Waals surface area contributed by atoms with Gasteiger partial charge in [0.2, 0.25) is 5.78 Å². The summed E-state index contributed by atoms with van der Waals surface area (Å²) in [6.45, 7) is 0.0254. The van der Waals surface area contributed by atoms with Gasteiger partial charge in [-0.25, -0.2) is 0 Å². The molecule has 76 valence electrons. The third-order valence-corrected chi connectivity index (χ3v) is 2.84. The van der Waals surface area contributed by atoms with Crippen LogP contribution in [0.2, 0.25) is 0 Å². The number of Topliss-reactive ketones (excluding diaryl/α,β-unsaturated/α-hetero) is 1. The van der Waals surface area contributed by atoms with Crippen molar-refractivity contribution in [1.82, 2.24) is 0 Å². The van der Waals surface area contributed by atoms with Crippen LogP contribution in [0.4, 0.5) is 0 Å². The SMILES string of the molecule is NCC(=O)c1ccc(C2CCCC2)o1. The third-order valence-electron chi connectivity index (χ3n) is 2.84. The van der Waals surface area contributed by atoms with Crippen molar-refractivity contribution >= 4 is 5.78 Å². The fourth-order valence-electron chi connectivity index (χ4n) is 2.03. The van der Waals surface area contributed by atoms with E-state index in [1.54, 1.807) is 6.07 Å². The van der Waals surface area contributed by atoms with Crippen LogP contribution in [-0.2, 0) is 0 Å². The number of carbonyl (C=O) groups excluding carboxylic acids is 1. The highest BCUT2D eigenvalue weighted by Crippen LogP contribution is 2.34. The Morgan fingerprint density at radius 1 is 1.43 bits per heavy atom. The first kappa shape index (κ1) is 9.46. The second-order valence-electron chi connectivity index (χ2n) is 3.81. The Morgan fingerprint density at radius 2 is 2.14 bits per heavy atom. The second kappa shape index (κ2) is 3.96. The minimum absolute atomic E-state index is 0.0254. The summed E-state index contributed by atoms with van der Waals surface area (Å²) in [5.41, 5.74) is 5.26. The molecular weight excluding hydrogens is 178 g/mol. The highest BCUT2D eigenvalue weighted by Gasteiger charge is 2.21. The van der Waals surface area contributed by atoms with E-state index in [1.165, 1.54) is 25.7 Å². The van der Waals surface area contributed by atoms with E-state index >= 15 is 0 Å². The quantitative estimate of drug-likeness (QED) is 0.748. The summed E-state index contributed by atoms with van der Waals surface area (Å²) in [6, 6.07) is 3.65. The molecule has 0 aromatic carbocycles. The molecule has 2 N–H and O–H groups in total. The maximum atomic E-state index is 11.2. The van der Waals surface area contributed by atoms with Crippen molar-refractivity contribution in [1.29, 1.82) is 0 Å². The molecule has 1 aromatic heterocycles. The van der Waals surface area contributed by atoms with E-state index in [9.17, 15) is 4.79 Å². The fraction of sp³-hybridized carbons (Fsp3) is 0.545. The second-order valence-corrected chi connectivity index (χ2v) is 3.81. The van der Waals surface area contributed by atoms with Crippen LogP contribution in [0.15, 0.2) is 16.5 Å². The van der Waals surface area contributed by atoms with Gasteiger partial charge in [-0.15, -0.1) is 0 Å². The van der Waals surface area contributed by atoms with Crippen LogP contribution >= 0.6 is 0 Å². The van der Waals surface area contributed by atoms with Crippen molar-refractivity contribution in [2.24, 2.45) is 5.73 Å². The van der Waals surface area contributed by atoms with E-state index in [1.807, 2.05) is 6.07 Å². The Labute approximate surface area is 83.3 Å². The molecule has 0 unspecified atom stereocenters. The van der Waals surface area contributed by atoms with E-state index in [0.717, 1.165) is 5.76 Å². The minimum Gasteiger partial charge on any atom is -0.458 e. The molecule has 2 rings (SSSR count). The lowest BCUT2D eigenvalue weighted by Gasteiger charge is -2.03. The van der Waals surface area contributed by atoms with Crippen molar-refractivity contribution in [3.63, 3.8) is 0 Å². The molecule has 0 spiro atoms. The molecule has 1 fully saturated rings. The number of hydrogen-bond donors (Lipinski definition) is 1. The fourth-order valence-corrected chi connectivity index (χ4v) is 2.03. The average Bonchev–Trinajstić information content (AvgIpc) is 2.86. The number of ketones is 1. The molecule has 1 heterocycles. The van der Waals surface area contributed by atoms with Crippen LogP contribution in [0.5, 0.6) is 0 Å². The Morgan fingerprint density at radius 3 is 2.79 bits per heavy atom. The maximum Gasteiger partial charge on any atom is 0.211 e. The van der Waals surface area contributed by atoms with Crippen LogP contribution in [0.1, 0.15) is 47.9 Å². The standard InChI is InChI=1S/C11H15NO2/c12-7-9(13)11-6-5-10(14-11)8-3-1-2-4-8/h5-6,8H,1-4,7,12H2. The molecule has 0 radical (unpaired) electrons. The van der Waals surface area contributed by atoms with Gasteiger partial charge in [0.25, 0.3) is 0 Å².